The zero-order chi connectivity index (χ0) is 19.4. The van der Waals surface area contributed by atoms with E-state index in [9.17, 15) is 18.0 Å². The van der Waals surface area contributed by atoms with Gasteiger partial charge in [-0.25, -0.2) is 0 Å². The van der Waals surface area contributed by atoms with Crippen molar-refractivity contribution in [2.45, 2.75) is 25.9 Å². The SMILES string of the molecule is Cc1c(CC(=O)Nc2ccccc2C(F)(F)F)ccnc1C1=CCNCC1. The number of benzene rings is 1. The lowest BCUT2D eigenvalue weighted by atomic mass is 9.97. The summed E-state index contributed by atoms with van der Waals surface area (Å²) in [6.45, 7) is 3.53. The predicted molar refractivity (Wildman–Crippen MR) is 98.2 cm³/mol. The van der Waals surface area contributed by atoms with Crippen LogP contribution >= 0.6 is 0 Å². The number of rotatable bonds is 4. The van der Waals surface area contributed by atoms with Crippen LogP contribution in [0.4, 0.5) is 18.9 Å². The number of carbonyl (C=O) groups is 1. The molecule has 1 aromatic heterocycles. The van der Waals surface area contributed by atoms with Gasteiger partial charge >= 0.3 is 6.18 Å². The Morgan fingerprint density at radius 1 is 1.26 bits per heavy atom. The van der Waals surface area contributed by atoms with Crippen LogP contribution in [0.5, 0.6) is 0 Å². The molecule has 0 bridgehead atoms. The molecule has 1 aromatic carbocycles. The lowest BCUT2D eigenvalue weighted by Crippen LogP contribution is -2.21. The fraction of sp³-hybridized carbons (Fsp3) is 0.300. The van der Waals surface area contributed by atoms with Crippen LogP contribution < -0.4 is 10.6 Å². The van der Waals surface area contributed by atoms with Crippen LogP contribution in [0.15, 0.2) is 42.6 Å². The second-order valence-electron chi connectivity index (χ2n) is 6.40. The van der Waals surface area contributed by atoms with Crippen LogP contribution in [0.25, 0.3) is 5.57 Å². The molecule has 0 fully saturated rings. The molecular weight excluding hydrogens is 355 g/mol. The fourth-order valence-corrected chi connectivity index (χ4v) is 3.14. The molecule has 0 atom stereocenters. The van der Waals surface area contributed by atoms with Gasteiger partial charge in [0.25, 0.3) is 0 Å². The first kappa shape index (κ1) is 19.1. The van der Waals surface area contributed by atoms with Crippen molar-refractivity contribution in [3.63, 3.8) is 0 Å². The number of nitrogens with zero attached hydrogens (tertiary/aromatic N) is 1. The molecule has 1 amide bonds. The van der Waals surface area contributed by atoms with E-state index in [-0.39, 0.29) is 12.1 Å². The molecule has 0 radical (unpaired) electrons. The van der Waals surface area contributed by atoms with Gasteiger partial charge in [0.15, 0.2) is 0 Å². The molecular formula is C20H20F3N3O. The molecule has 142 valence electrons. The second-order valence-corrected chi connectivity index (χ2v) is 6.40. The van der Waals surface area contributed by atoms with Crippen LogP contribution in [-0.2, 0) is 17.4 Å². The van der Waals surface area contributed by atoms with E-state index in [2.05, 4.69) is 21.7 Å². The first-order valence-corrected chi connectivity index (χ1v) is 8.67. The maximum absolute atomic E-state index is 13.1. The summed E-state index contributed by atoms with van der Waals surface area (Å²) in [4.78, 5) is 16.8. The number of carbonyl (C=O) groups excluding carboxylic acids is 1. The lowest BCUT2D eigenvalue weighted by Gasteiger charge is -2.17. The molecule has 2 heterocycles. The Bertz CT molecular complexity index is 875. The number of pyridine rings is 1. The number of halogens is 3. The van der Waals surface area contributed by atoms with Crippen molar-refractivity contribution in [1.82, 2.24) is 10.3 Å². The maximum atomic E-state index is 13.1. The van der Waals surface area contributed by atoms with E-state index < -0.39 is 17.6 Å². The van der Waals surface area contributed by atoms with Crippen molar-refractivity contribution >= 4 is 17.2 Å². The van der Waals surface area contributed by atoms with Gasteiger partial charge in [0.05, 0.1) is 23.4 Å². The molecule has 2 aromatic rings. The van der Waals surface area contributed by atoms with Crippen molar-refractivity contribution in [1.29, 1.82) is 0 Å². The van der Waals surface area contributed by atoms with E-state index >= 15 is 0 Å². The van der Waals surface area contributed by atoms with Crippen LogP contribution in [0, 0.1) is 6.92 Å². The summed E-state index contributed by atoms with van der Waals surface area (Å²) in [6, 6.07) is 6.70. The molecule has 2 N–H and O–H groups in total. The number of nitrogens with one attached hydrogen (secondary N) is 2. The van der Waals surface area contributed by atoms with Crippen molar-refractivity contribution in [2.24, 2.45) is 0 Å². The average molecular weight is 375 g/mol. The minimum Gasteiger partial charge on any atom is -0.325 e. The van der Waals surface area contributed by atoms with E-state index in [1.54, 1.807) is 12.3 Å². The summed E-state index contributed by atoms with van der Waals surface area (Å²) in [5, 5.41) is 5.62. The van der Waals surface area contributed by atoms with Gasteiger partial charge in [-0.15, -0.1) is 0 Å². The Morgan fingerprint density at radius 2 is 2.04 bits per heavy atom. The average Bonchev–Trinajstić information content (AvgIpc) is 2.64. The highest BCUT2D eigenvalue weighted by Crippen LogP contribution is 2.34. The maximum Gasteiger partial charge on any atom is 0.418 e. The standard InChI is InChI=1S/C20H20F3N3O/c1-13-15(8-11-25-19(13)14-6-9-24-10-7-14)12-18(27)26-17-5-3-2-4-16(17)20(21,22)23/h2-6,8,11,24H,7,9-10,12H2,1H3,(H,26,27). The van der Waals surface area contributed by atoms with Crippen LogP contribution in [0.1, 0.15) is 28.8 Å². The van der Waals surface area contributed by atoms with E-state index in [4.69, 9.17) is 0 Å². The Kier molecular flexibility index (Phi) is 5.60. The van der Waals surface area contributed by atoms with Crippen LogP contribution in [0.3, 0.4) is 0 Å². The number of anilines is 1. The molecule has 1 aliphatic heterocycles. The normalized spacial score (nSPS) is 14.6. The van der Waals surface area contributed by atoms with Crippen LogP contribution in [0.2, 0.25) is 0 Å². The summed E-state index contributed by atoms with van der Waals surface area (Å²) >= 11 is 0. The Labute approximate surface area is 155 Å². The van der Waals surface area contributed by atoms with Gasteiger partial charge in [-0.1, -0.05) is 18.2 Å². The van der Waals surface area contributed by atoms with Crippen molar-refractivity contribution < 1.29 is 18.0 Å². The van der Waals surface area contributed by atoms with Crippen molar-refractivity contribution in [3.05, 3.63) is 65.0 Å². The minimum absolute atomic E-state index is 0.0148. The first-order chi connectivity index (χ1) is 12.9. The van der Waals surface area contributed by atoms with Gasteiger partial charge in [-0.2, -0.15) is 13.2 Å². The van der Waals surface area contributed by atoms with Crippen molar-refractivity contribution in [2.75, 3.05) is 18.4 Å². The van der Waals surface area contributed by atoms with Gasteiger partial charge in [-0.3, -0.25) is 9.78 Å². The molecule has 3 rings (SSSR count). The molecule has 0 unspecified atom stereocenters. The smallest absolute Gasteiger partial charge is 0.325 e. The first-order valence-electron chi connectivity index (χ1n) is 8.67. The quantitative estimate of drug-likeness (QED) is 0.850. The Hall–Kier alpha value is -2.67. The molecule has 27 heavy (non-hydrogen) atoms. The summed E-state index contributed by atoms with van der Waals surface area (Å²) < 4.78 is 39.2. The van der Waals surface area contributed by atoms with Gasteiger partial charge < -0.3 is 10.6 Å². The molecule has 1 aliphatic rings. The zero-order valence-corrected chi connectivity index (χ0v) is 14.9. The van der Waals surface area contributed by atoms with Crippen molar-refractivity contribution in [3.8, 4) is 0 Å². The summed E-state index contributed by atoms with van der Waals surface area (Å²) in [7, 11) is 0. The van der Waals surface area contributed by atoms with E-state index in [0.29, 0.717) is 0 Å². The van der Waals surface area contributed by atoms with Gasteiger partial charge in [0, 0.05) is 12.7 Å². The number of amides is 1. The lowest BCUT2D eigenvalue weighted by molar-refractivity contribution is -0.137. The Morgan fingerprint density at radius 3 is 2.74 bits per heavy atom. The Balaban J connectivity index is 1.79. The molecule has 7 heteroatoms. The molecule has 0 spiro atoms. The number of hydrogen-bond donors (Lipinski definition) is 2. The highest BCUT2D eigenvalue weighted by atomic mass is 19.4. The number of alkyl halides is 3. The predicted octanol–water partition coefficient (Wildman–Crippen LogP) is 3.97. The molecule has 0 aliphatic carbocycles. The second kappa shape index (κ2) is 7.92. The highest BCUT2D eigenvalue weighted by molar-refractivity contribution is 5.93. The summed E-state index contributed by atoms with van der Waals surface area (Å²) in [6.07, 6.45) is 0.0202. The fourth-order valence-electron chi connectivity index (χ4n) is 3.14. The topological polar surface area (TPSA) is 54.0 Å². The van der Waals surface area contributed by atoms with Crippen LogP contribution in [-0.4, -0.2) is 24.0 Å². The molecule has 0 saturated heterocycles. The monoisotopic (exact) mass is 375 g/mol. The third kappa shape index (κ3) is 4.54. The molecule has 0 saturated carbocycles. The van der Waals surface area contributed by atoms with Gasteiger partial charge in [-0.05, 0) is 54.8 Å². The van der Waals surface area contributed by atoms with E-state index in [0.717, 1.165) is 48.0 Å². The summed E-state index contributed by atoms with van der Waals surface area (Å²) in [5.74, 6) is -0.494. The van der Waals surface area contributed by atoms with Gasteiger partial charge in [0.1, 0.15) is 0 Å². The number of hydrogen-bond acceptors (Lipinski definition) is 3. The summed E-state index contributed by atoms with van der Waals surface area (Å²) in [5.41, 5.74) is 2.51. The minimum atomic E-state index is -4.52. The number of para-hydroxylation sites is 1. The highest BCUT2D eigenvalue weighted by Gasteiger charge is 2.33. The zero-order valence-electron chi connectivity index (χ0n) is 14.9. The van der Waals surface area contributed by atoms with E-state index in [1.165, 1.54) is 18.2 Å². The third-order valence-corrected chi connectivity index (χ3v) is 4.54. The van der Waals surface area contributed by atoms with E-state index in [1.807, 2.05) is 6.92 Å². The largest absolute Gasteiger partial charge is 0.418 e. The number of aromatic nitrogens is 1. The third-order valence-electron chi connectivity index (χ3n) is 4.54. The van der Waals surface area contributed by atoms with Gasteiger partial charge in [0.2, 0.25) is 5.91 Å². The molecule has 4 nitrogen and oxygen atoms in total.